The topological polar surface area (TPSA) is 67.9 Å². The lowest BCUT2D eigenvalue weighted by molar-refractivity contribution is -0.118. The van der Waals surface area contributed by atoms with Gasteiger partial charge in [-0.3, -0.25) is 4.79 Å². The highest BCUT2D eigenvalue weighted by molar-refractivity contribution is 5.98. The van der Waals surface area contributed by atoms with Crippen molar-refractivity contribution >= 4 is 18.1 Å². The van der Waals surface area contributed by atoms with Crippen LogP contribution in [0.1, 0.15) is 51.2 Å². The molecule has 1 saturated heterocycles. The molecule has 6 nitrogen and oxygen atoms in total. The number of aryl methyl sites for hydroxylation is 1. The van der Waals surface area contributed by atoms with E-state index in [0.717, 1.165) is 28.0 Å². The Bertz CT molecular complexity index is 1070. The Kier molecular flexibility index (Phi) is 6.96. The maximum Gasteiger partial charge on any atom is 0.410 e. The van der Waals surface area contributed by atoms with Crippen molar-refractivity contribution in [2.75, 3.05) is 19.7 Å². The molecule has 1 fully saturated rings. The number of hydrogen-bond acceptors (Lipinski definition) is 4. The van der Waals surface area contributed by atoms with Gasteiger partial charge in [0, 0.05) is 36.7 Å². The third-order valence-electron chi connectivity index (χ3n) is 6.13. The third kappa shape index (κ3) is 5.99. The van der Waals surface area contributed by atoms with Crippen LogP contribution in [0.4, 0.5) is 4.79 Å². The number of ether oxygens (including phenoxy) is 2. The van der Waals surface area contributed by atoms with Gasteiger partial charge < -0.3 is 19.7 Å². The molecule has 180 valence electrons. The number of fused-ring (bicyclic) bond motifs is 1. The Hall–Kier alpha value is -3.28. The van der Waals surface area contributed by atoms with Crippen LogP contribution in [-0.4, -0.2) is 48.2 Å². The number of nitrogens with one attached hydrogen (secondary N) is 1. The minimum atomic E-state index is -0.508. The standard InChI is InChI=1S/C28H34N2O4/c1-19-5-7-20(8-6-19)21-9-10-25-23(17-21)18-22(13-16-33-25)26(31)29-24-11-14-30(15-12-24)27(32)34-28(2,3)4/h5-10,17-18,24H,11-16H2,1-4H3,(H,29,31). The highest BCUT2D eigenvalue weighted by atomic mass is 16.6. The fraction of sp³-hybridized carbons (Fsp3) is 0.429. The van der Waals surface area contributed by atoms with Crippen LogP contribution in [0.25, 0.3) is 17.2 Å². The fourth-order valence-electron chi connectivity index (χ4n) is 4.24. The monoisotopic (exact) mass is 462 g/mol. The molecule has 0 unspecified atom stereocenters. The quantitative estimate of drug-likeness (QED) is 0.668. The maximum absolute atomic E-state index is 13.1. The molecule has 2 aliphatic heterocycles. The summed E-state index contributed by atoms with van der Waals surface area (Å²) in [5.41, 5.74) is 4.57. The van der Waals surface area contributed by atoms with E-state index in [0.29, 0.717) is 39.0 Å². The lowest BCUT2D eigenvalue weighted by Gasteiger charge is -2.33. The zero-order valence-corrected chi connectivity index (χ0v) is 20.5. The number of rotatable bonds is 3. The maximum atomic E-state index is 13.1. The number of amides is 2. The molecule has 0 aromatic heterocycles. The Morgan fingerprint density at radius 1 is 1.03 bits per heavy atom. The van der Waals surface area contributed by atoms with E-state index in [2.05, 4.69) is 48.6 Å². The van der Waals surface area contributed by atoms with Crippen molar-refractivity contribution in [1.29, 1.82) is 0 Å². The van der Waals surface area contributed by atoms with E-state index >= 15 is 0 Å². The van der Waals surface area contributed by atoms with Crippen LogP contribution < -0.4 is 10.1 Å². The van der Waals surface area contributed by atoms with Crippen LogP contribution in [0.3, 0.4) is 0 Å². The summed E-state index contributed by atoms with van der Waals surface area (Å²) in [6.07, 6.45) is 3.63. The number of piperidine rings is 1. The molecule has 0 spiro atoms. The zero-order chi connectivity index (χ0) is 24.3. The van der Waals surface area contributed by atoms with E-state index in [1.165, 1.54) is 5.56 Å². The van der Waals surface area contributed by atoms with E-state index in [4.69, 9.17) is 9.47 Å². The molecule has 0 atom stereocenters. The van der Waals surface area contributed by atoms with Gasteiger partial charge in [0.15, 0.2) is 0 Å². The normalized spacial score (nSPS) is 16.6. The van der Waals surface area contributed by atoms with Gasteiger partial charge in [0.05, 0.1) is 6.61 Å². The molecular weight excluding hydrogens is 428 g/mol. The van der Waals surface area contributed by atoms with Crippen molar-refractivity contribution in [2.24, 2.45) is 0 Å². The van der Waals surface area contributed by atoms with Crippen molar-refractivity contribution in [2.45, 2.75) is 58.6 Å². The lowest BCUT2D eigenvalue weighted by atomic mass is 9.99. The number of carbonyl (C=O) groups is 2. The first kappa shape index (κ1) is 23.9. The predicted molar refractivity (Wildman–Crippen MR) is 134 cm³/mol. The van der Waals surface area contributed by atoms with E-state index in [1.807, 2.05) is 32.9 Å². The summed E-state index contributed by atoms with van der Waals surface area (Å²) in [5, 5.41) is 3.17. The summed E-state index contributed by atoms with van der Waals surface area (Å²) in [4.78, 5) is 27.1. The molecule has 2 aromatic rings. The van der Waals surface area contributed by atoms with Gasteiger partial charge in [0.1, 0.15) is 11.4 Å². The molecule has 2 amide bonds. The van der Waals surface area contributed by atoms with Crippen LogP contribution in [0.15, 0.2) is 48.0 Å². The van der Waals surface area contributed by atoms with Crippen molar-refractivity contribution < 1.29 is 19.1 Å². The molecule has 1 N–H and O–H groups in total. The Balaban J connectivity index is 1.41. The number of hydrogen-bond donors (Lipinski definition) is 1. The average molecular weight is 463 g/mol. The van der Waals surface area contributed by atoms with Gasteiger partial charge in [0.25, 0.3) is 0 Å². The molecule has 0 radical (unpaired) electrons. The van der Waals surface area contributed by atoms with Crippen LogP contribution >= 0.6 is 0 Å². The molecule has 0 saturated carbocycles. The van der Waals surface area contributed by atoms with E-state index in [-0.39, 0.29) is 18.0 Å². The lowest BCUT2D eigenvalue weighted by Crippen LogP contribution is -2.48. The largest absolute Gasteiger partial charge is 0.493 e. The van der Waals surface area contributed by atoms with E-state index in [1.54, 1.807) is 4.90 Å². The van der Waals surface area contributed by atoms with Crippen molar-refractivity contribution in [3.8, 4) is 16.9 Å². The zero-order valence-electron chi connectivity index (χ0n) is 20.5. The predicted octanol–water partition coefficient (Wildman–Crippen LogP) is 5.34. The number of likely N-dealkylation sites (tertiary alicyclic amines) is 1. The summed E-state index contributed by atoms with van der Waals surface area (Å²) in [6.45, 7) is 9.28. The first-order valence-corrected chi connectivity index (χ1v) is 12.0. The minimum Gasteiger partial charge on any atom is -0.493 e. The summed E-state index contributed by atoms with van der Waals surface area (Å²) in [7, 11) is 0. The Morgan fingerprint density at radius 2 is 1.71 bits per heavy atom. The second-order valence-corrected chi connectivity index (χ2v) is 10.1. The highest BCUT2D eigenvalue weighted by Gasteiger charge is 2.28. The second-order valence-electron chi connectivity index (χ2n) is 10.1. The summed E-state index contributed by atoms with van der Waals surface area (Å²) >= 11 is 0. The molecule has 0 aliphatic carbocycles. The number of benzene rings is 2. The van der Waals surface area contributed by atoms with Crippen molar-refractivity contribution in [1.82, 2.24) is 10.2 Å². The van der Waals surface area contributed by atoms with Gasteiger partial charge in [-0.15, -0.1) is 0 Å². The molecule has 2 aromatic carbocycles. The SMILES string of the molecule is Cc1ccc(-c2ccc3c(c2)C=C(C(=O)NC2CCN(C(=O)OC(C)(C)C)CC2)CCO3)cc1. The van der Waals surface area contributed by atoms with Crippen LogP contribution in [0, 0.1) is 6.92 Å². The van der Waals surface area contributed by atoms with Crippen LogP contribution in [0.2, 0.25) is 0 Å². The molecule has 6 heteroatoms. The van der Waals surface area contributed by atoms with Gasteiger partial charge in [-0.1, -0.05) is 35.9 Å². The summed E-state index contributed by atoms with van der Waals surface area (Å²) in [6, 6.07) is 14.6. The van der Waals surface area contributed by atoms with Gasteiger partial charge in [-0.2, -0.15) is 0 Å². The number of nitrogens with zero attached hydrogens (tertiary/aromatic N) is 1. The Labute approximate surface area is 201 Å². The van der Waals surface area contributed by atoms with Gasteiger partial charge >= 0.3 is 6.09 Å². The van der Waals surface area contributed by atoms with E-state index in [9.17, 15) is 9.59 Å². The smallest absolute Gasteiger partial charge is 0.410 e. The third-order valence-corrected chi connectivity index (χ3v) is 6.13. The first-order valence-electron chi connectivity index (χ1n) is 12.0. The van der Waals surface area contributed by atoms with Gasteiger partial charge in [0.2, 0.25) is 5.91 Å². The fourth-order valence-corrected chi connectivity index (χ4v) is 4.24. The number of carbonyl (C=O) groups excluding carboxylic acids is 2. The molecule has 4 rings (SSSR count). The average Bonchev–Trinajstić information content (AvgIpc) is 3.01. The van der Waals surface area contributed by atoms with Crippen LogP contribution in [-0.2, 0) is 9.53 Å². The van der Waals surface area contributed by atoms with E-state index < -0.39 is 5.60 Å². The molecule has 2 aliphatic rings. The molecule has 0 bridgehead atoms. The van der Waals surface area contributed by atoms with Gasteiger partial charge in [-0.05, 0) is 69.9 Å². The minimum absolute atomic E-state index is 0.0367. The molecular formula is C28H34N2O4. The molecule has 2 heterocycles. The first-order chi connectivity index (χ1) is 16.2. The molecule has 34 heavy (non-hydrogen) atoms. The highest BCUT2D eigenvalue weighted by Crippen LogP contribution is 2.31. The second kappa shape index (κ2) is 9.92. The van der Waals surface area contributed by atoms with Crippen molar-refractivity contribution in [3.63, 3.8) is 0 Å². The van der Waals surface area contributed by atoms with Crippen molar-refractivity contribution in [3.05, 3.63) is 59.2 Å². The Morgan fingerprint density at radius 3 is 2.38 bits per heavy atom. The van der Waals surface area contributed by atoms with Gasteiger partial charge in [-0.25, -0.2) is 4.79 Å². The van der Waals surface area contributed by atoms with Crippen LogP contribution in [0.5, 0.6) is 5.75 Å². The summed E-state index contributed by atoms with van der Waals surface area (Å²) < 4.78 is 11.4. The summed E-state index contributed by atoms with van der Waals surface area (Å²) in [5.74, 6) is 0.734.